The molecule has 3 atom stereocenters. The van der Waals surface area contributed by atoms with Crippen molar-refractivity contribution in [2.75, 3.05) is 13.1 Å². The highest BCUT2D eigenvalue weighted by molar-refractivity contribution is 5.16. The maximum absolute atomic E-state index is 12.0. The lowest BCUT2D eigenvalue weighted by atomic mass is 9.83. The number of piperidine rings is 1. The van der Waals surface area contributed by atoms with E-state index in [1.165, 1.54) is 24.2 Å². The number of nitrogens with zero attached hydrogens (tertiary/aromatic N) is 1. The van der Waals surface area contributed by atoms with E-state index in [4.69, 9.17) is 0 Å². The molecular formula is C18H21N2O+. The molecule has 0 amide bonds. The third-order valence-electron chi connectivity index (χ3n) is 4.97. The van der Waals surface area contributed by atoms with Gasteiger partial charge >= 0.3 is 0 Å². The highest BCUT2D eigenvalue weighted by Gasteiger charge is 2.36. The zero-order chi connectivity index (χ0) is 14.2. The van der Waals surface area contributed by atoms with Crippen molar-refractivity contribution in [2.45, 2.75) is 25.4 Å². The molecule has 3 heterocycles. The van der Waals surface area contributed by atoms with Gasteiger partial charge in [0.05, 0.1) is 13.1 Å². The Kier molecular flexibility index (Phi) is 3.15. The minimum atomic E-state index is 0.175. The molecule has 108 valence electrons. The van der Waals surface area contributed by atoms with Gasteiger partial charge in [-0.3, -0.25) is 4.79 Å². The van der Waals surface area contributed by atoms with Crippen LogP contribution in [0.5, 0.6) is 0 Å². The van der Waals surface area contributed by atoms with Crippen LogP contribution in [0.3, 0.4) is 0 Å². The second kappa shape index (κ2) is 5.15. The van der Waals surface area contributed by atoms with Crippen LogP contribution in [0.4, 0.5) is 0 Å². The van der Waals surface area contributed by atoms with Gasteiger partial charge in [0.2, 0.25) is 0 Å². The largest absolute Gasteiger partial charge is 0.330 e. The Hall–Kier alpha value is -1.87. The summed E-state index contributed by atoms with van der Waals surface area (Å²) in [5.74, 6) is 1.19. The van der Waals surface area contributed by atoms with Gasteiger partial charge in [0.1, 0.15) is 6.54 Å². The minimum absolute atomic E-state index is 0.175. The van der Waals surface area contributed by atoms with Gasteiger partial charge < -0.3 is 9.47 Å². The number of hydrogen-bond acceptors (Lipinski definition) is 1. The number of nitrogens with one attached hydrogen (secondary N) is 1. The zero-order valence-electron chi connectivity index (χ0n) is 12.2. The topological polar surface area (TPSA) is 26.4 Å². The molecule has 2 aromatic rings. The zero-order valence-corrected chi connectivity index (χ0v) is 12.2. The van der Waals surface area contributed by atoms with E-state index in [2.05, 4.69) is 36.4 Å². The lowest BCUT2D eigenvalue weighted by molar-refractivity contribution is -0.924. The average molecular weight is 281 g/mol. The number of hydrogen-bond donors (Lipinski definition) is 1. The molecule has 2 aliphatic rings. The molecule has 1 aromatic carbocycles. The normalized spacial score (nSPS) is 27.1. The second-order valence-corrected chi connectivity index (χ2v) is 6.52. The highest BCUT2D eigenvalue weighted by Crippen LogP contribution is 2.30. The maximum Gasteiger partial charge on any atom is 0.250 e. The van der Waals surface area contributed by atoms with E-state index in [-0.39, 0.29) is 5.56 Å². The molecule has 21 heavy (non-hydrogen) atoms. The average Bonchev–Trinajstić information content (AvgIpc) is 2.49. The van der Waals surface area contributed by atoms with E-state index in [9.17, 15) is 4.79 Å². The molecule has 4 rings (SSSR count). The Morgan fingerprint density at radius 3 is 2.76 bits per heavy atom. The molecule has 2 bridgehead atoms. The van der Waals surface area contributed by atoms with Gasteiger partial charge in [0.15, 0.2) is 0 Å². The summed E-state index contributed by atoms with van der Waals surface area (Å²) in [6.07, 6.45) is 1.25. The SMILES string of the molecule is O=c1cccc2n1C[C@H]1C[C@@H]2C[NH+](Cc2ccccc2)C1. The lowest BCUT2D eigenvalue weighted by Crippen LogP contribution is -3.13. The van der Waals surface area contributed by atoms with Gasteiger partial charge in [0.25, 0.3) is 5.56 Å². The van der Waals surface area contributed by atoms with Crippen LogP contribution in [-0.2, 0) is 13.1 Å². The van der Waals surface area contributed by atoms with Crippen LogP contribution in [-0.4, -0.2) is 17.7 Å². The minimum Gasteiger partial charge on any atom is -0.330 e. The van der Waals surface area contributed by atoms with Crippen LogP contribution in [0, 0.1) is 5.92 Å². The molecule has 1 unspecified atom stereocenters. The van der Waals surface area contributed by atoms with E-state index in [1.54, 1.807) is 11.0 Å². The maximum atomic E-state index is 12.0. The van der Waals surface area contributed by atoms with Crippen LogP contribution < -0.4 is 10.5 Å². The summed E-state index contributed by atoms with van der Waals surface area (Å²) < 4.78 is 2.01. The standard InChI is InChI=1S/C18H20N2O/c21-18-8-4-7-17-16-9-15(12-20(17)18)11-19(13-16)10-14-5-2-1-3-6-14/h1-8,15-16H,9-13H2/p+1/t15-,16+/m0/s1. The number of fused-ring (bicyclic) bond motifs is 4. The van der Waals surface area contributed by atoms with Crippen molar-refractivity contribution in [3.05, 3.63) is 70.1 Å². The van der Waals surface area contributed by atoms with Crippen molar-refractivity contribution in [1.82, 2.24) is 4.57 Å². The van der Waals surface area contributed by atoms with Crippen molar-refractivity contribution in [3.63, 3.8) is 0 Å². The molecule has 2 aliphatic heterocycles. The Labute approximate surface area is 124 Å². The summed E-state index contributed by atoms with van der Waals surface area (Å²) >= 11 is 0. The van der Waals surface area contributed by atoms with Gasteiger partial charge in [0, 0.05) is 35.7 Å². The van der Waals surface area contributed by atoms with E-state index >= 15 is 0 Å². The summed E-state index contributed by atoms with van der Waals surface area (Å²) in [4.78, 5) is 13.7. The van der Waals surface area contributed by atoms with Crippen molar-refractivity contribution < 1.29 is 4.90 Å². The molecule has 1 saturated heterocycles. The van der Waals surface area contributed by atoms with Crippen LogP contribution in [0.25, 0.3) is 0 Å². The third-order valence-corrected chi connectivity index (χ3v) is 4.97. The van der Waals surface area contributed by atoms with Crippen LogP contribution in [0.2, 0.25) is 0 Å². The second-order valence-electron chi connectivity index (χ2n) is 6.52. The van der Waals surface area contributed by atoms with Crippen molar-refractivity contribution in [1.29, 1.82) is 0 Å². The quantitative estimate of drug-likeness (QED) is 0.875. The van der Waals surface area contributed by atoms with Gasteiger partial charge in [-0.05, 0) is 12.5 Å². The smallest absolute Gasteiger partial charge is 0.250 e. The molecule has 1 N–H and O–H groups in total. The fourth-order valence-corrected chi connectivity index (χ4v) is 4.15. The first kappa shape index (κ1) is 12.8. The Morgan fingerprint density at radius 2 is 1.90 bits per heavy atom. The number of aromatic nitrogens is 1. The predicted octanol–water partition coefficient (Wildman–Crippen LogP) is 1.05. The summed E-state index contributed by atoms with van der Waals surface area (Å²) in [6, 6.07) is 16.5. The number of rotatable bonds is 2. The molecule has 1 fully saturated rings. The fraction of sp³-hybridized carbons (Fsp3) is 0.389. The summed E-state index contributed by atoms with van der Waals surface area (Å²) in [7, 11) is 0. The summed E-state index contributed by atoms with van der Waals surface area (Å²) in [5.41, 5.74) is 2.84. The Balaban J connectivity index is 1.58. The first-order chi connectivity index (χ1) is 10.3. The number of benzene rings is 1. The highest BCUT2D eigenvalue weighted by atomic mass is 16.1. The molecule has 0 radical (unpaired) electrons. The molecule has 0 saturated carbocycles. The molecular weight excluding hydrogens is 260 g/mol. The van der Waals surface area contributed by atoms with Gasteiger partial charge in [-0.1, -0.05) is 36.4 Å². The van der Waals surface area contributed by atoms with E-state index in [1.807, 2.05) is 10.6 Å². The van der Waals surface area contributed by atoms with Crippen molar-refractivity contribution in [3.8, 4) is 0 Å². The first-order valence-electron chi connectivity index (χ1n) is 7.87. The van der Waals surface area contributed by atoms with E-state index < -0.39 is 0 Å². The Morgan fingerprint density at radius 1 is 1.05 bits per heavy atom. The number of likely N-dealkylation sites (tertiary alicyclic amines) is 1. The van der Waals surface area contributed by atoms with Gasteiger partial charge in [-0.2, -0.15) is 0 Å². The third kappa shape index (κ3) is 2.42. The van der Waals surface area contributed by atoms with Crippen molar-refractivity contribution >= 4 is 0 Å². The van der Waals surface area contributed by atoms with E-state index in [0.29, 0.717) is 11.8 Å². The van der Waals surface area contributed by atoms with Gasteiger partial charge in [-0.15, -0.1) is 0 Å². The van der Waals surface area contributed by atoms with Gasteiger partial charge in [-0.25, -0.2) is 0 Å². The molecule has 3 heteroatoms. The number of pyridine rings is 1. The monoisotopic (exact) mass is 281 g/mol. The summed E-state index contributed by atoms with van der Waals surface area (Å²) in [5, 5.41) is 0. The lowest BCUT2D eigenvalue weighted by Gasteiger charge is -2.40. The predicted molar refractivity (Wildman–Crippen MR) is 82.4 cm³/mol. The molecule has 0 aliphatic carbocycles. The van der Waals surface area contributed by atoms with Crippen LogP contribution >= 0.6 is 0 Å². The first-order valence-corrected chi connectivity index (χ1v) is 7.87. The Bertz CT molecular complexity index is 692. The summed E-state index contributed by atoms with van der Waals surface area (Å²) in [6.45, 7) is 4.34. The van der Waals surface area contributed by atoms with Crippen LogP contribution in [0.15, 0.2) is 53.3 Å². The molecule has 0 spiro atoms. The number of quaternary nitrogens is 1. The van der Waals surface area contributed by atoms with Crippen molar-refractivity contribution in [2.24, 2.45) is 5.92 Å². The van der Waals surface area contributed by atoms with Crippen LogP contribution in [0.1, 0.15) is 23.6 Å². The molecule has 3 nitrogen and oxygen atoms in total. The van der Waals surface area contributed by atoms with E-state index in [0.717, 1.165) is 19.6 Å². The molecule has 1 aromatic heterocycles. The fourth-order valence-electron chi connectivity index (χ4n) is 4.15.